The molecule has 0 radical (unpaired) electrons. The minimum atomic E-state index is -4.20. The van der Waals surface area contributed by atoms with Crippen LogP contribution in [0.3, 0.4) is 0 Å². The molecule has 0 unspecified atom stereocenters. The fraction of sp³-hybridized carbons (Fsp3) is 0.400. The molecule has 2 aromatic heterocycles. The third kappa shape index (κ3) is 6.47. The molecular weight excluding hydrogens is 598 g/mol. The van der Waals surface area contributed by atoms with E-state index in [0.717, 1.165) is 55.4 Å². The first-order valence-electron chi connectivity index (χ1n) is 14.2. The van der Waals surface area contributed by atoms with Gasteiger partial charge in [-0.2, -0.15) is 5.10 Å². The van der Waals surface area contributed by atoms with E-state index in [1.807, 2.05) is 13.8 Å². The lowest BCUT2D eigenvalue weighted by Crippen LogP contribution is -2.34. The number of anilines is 2. The number of hydrogen-bond donors (Lipinski definition) is 3. The number of hydrogen-bond acceptors (Lipinski definition) is 7. The number of nitrogens with one attached hydrogen (secondary N) is 2. The van der Waals surface area contributed by atoms with Gasteiger partial charge < -0.3 is 15.8 Å². The molecule has 0 atom stereocenters. The smallest absolute Gasteiger partial charge is 0.261 e. The molecular formula is C30H35ClF2N6O3S. The van der Waals surface area contributed by atoms with Gasteiger partial charge in [0.1, 0.15) is 23.1 Å². The number of pyridine rings is 1. The zero-order valence-electron chi connectivity index (χ0n) is 24.2. The third-order valence-electron chi connectivity index (χ3n) is 7.86. The van der Waals surface area contributed by atoms with Gasteiger partial charge in [-0.25, -0.2) is 22.2 Å². The summed E-state index contributed by atoms with van der Waals surface area (Å²) in [6.45, 7) is 5.37. The van der Waals surface area contributed by atoms with Crippen LogP contribution < -0.4 is 15.8 Å². The van der Waals surface area contributed by atoms with Crippen LogP contribution in [0, 0.1) is 11.6 Å². The number of nitrogens with two attached hydrogens (primary N) is 1. The molecule has 0 amide bonds. The third-order valence-corrected chi connectivity index (χ3v) is 9.49. The fourth-order valence-corrected chi connectivity index (χ4v) is 6.86. The molecule has 5 rings (SSSR count). The molecule has 4 aromatic rings. The van der Waals surface area contributed by atoms with Crippen molar-refractivity contribution in [3.05, 3.63) is 64.8 Å². The lowest BCUT2D eigenvalue weighted by Gasteiger charge is -2.30. The second kappa shape index (κ2) is 12.7. The number of halogens is 3. The van der Waals surface area contributed by atoms with Crippen molar-refractivity contribution in [1.29, 1.82) is 0 Å². The molecule has 1 aliphatic carbocycles. The van der Waals surface area contributed by atoms with Gasteiger partial charge in [-0.3, -0.25) is 9.40 Å². The van der Waals surface area contributed by atoms with Crippen LogP contribution in [0.4, 0.5) is 20.3 Å². The zero-order valence-corrected chi connectivity index (χ0v) is 25.8. The van der Waals surface area contributed by atoms with Gasteiger partial charge in [0.25, 0.3) is 10.0 Å². The molecule has 2 heterocycles. The van der Waals surface area contributed by atoms with Crippen molar-refractivity contribution in [3.8, 4) is 11.3 Å². The SMILES string of the molecule is COCCNC1CCC(c2cnc(N)c3c(-c4cc(F)c(NS(=O)(=O)c5ccc(Cl)cc5)cc4F)nn(C(C)C)c23)CC1. The number of nitrogen functional groups attached to an aromatic ring is 1. The highest BCUT2D eigenvalue weighted by Gasteiger charge is 2.29. The summed E-state index contributed by atoms with van der Waals surface area (Å²) in [5.41, 5.74) is 7.56. The van der Waals surface area contributed by atoms with Crippen LogP contribution in [0.1, 0.15) is 57.1 Å². The average Bonchev–Trinajstić information content (AvgIpc) is 3.37. The van der Waals surface area contributed by atoms with Crippen molar-refractivity contribution in [3.63, 3.8) is 0 Å². The minimum absolute atomic E-state index is 0.109. The molecule has 1 fully saturated rings. The van der Waals surface area contributed by atoms with Crippen LogP contribution in [0.5, 0.6) is 0 Å². The predicted molar refractivity (Wildman–Crippen MR) is 165 cm³/mol. The highest BCUT2D eigenvalue weighted by Crippen LogP contribution is 2.42. The van der Waals surface area contributed by atoms with E-state index >= 15 is 8.78 Å². The molecule has 0 spiro atoms. The number of sulfonamides is 1. The first-order valence-corrected chi connectivity index (χ1v) is 16.0. The number of nitrogens with zero attached hydrogens (tertiary/aromatic N) is 3. The molecule has 0 bridgehead atoms. The summed E-state index contributed by atoms with van der Waals surface area (Å²) in [5.74, 6) is -1.48. The Labute approximate surface area is 254 Å². The maximum atomic E-state index is 15.7. The Bertz CT molecular complexity index is 1720. The molecule has 9 nitrogen and oxygen atoms in total. The fourth-order valence-electron chi connectivity index (χ4n) is 5.68. The molecule has 0 saturated heterocycles. The van der Waals surface area contributed by atoms with Gasteiger partial charge in [0, 0.05) is 48.6 Å². The van der Waals surface area contributed by atoms with E-state index < -0.39 is 27.3 Å². The van der Waals surface area contributed by atoms with Gasteiger partial charge in [-0.05, 0) is 81.3 Å². The second-order valence-corrected chi connectivity index (χ2v) is 13.2. The average molecular weight is 633 g/mol. The highest BCUT2D eigenvalue weighted by atomic mass is 35.5. The lowest BCUT2D eigenvalue weighted by atomic mass is 9.81. The Morgan fingerprint density at radius 2 is 1.81 bits per heavy atom. The molecule has 4 N–H and O–H groups in total. The number of benzene rings is 2. The summed E-state index contributed by atoms with van der Waals surface area (Å²) in [5, 5.41) is 9.03. The van der Waals surface area contributed by atoms with E-state index in [9.17, 15) is 8.42 Å². The van der Waals surface area contributed by atoms with E-state index in [1.165, 1.54) is 24.3 Å². The van der Waals surface area contributed by atoms with E-state index in [0.29, 0.717) is 23.1 Å². The van der Waals surface area contributed by atoms with E-state index in [4.69, 9.17) is 27.2 Å². The Balaban J connectivity index is 1.51. The van der Waals surface area contributed by atoms with Gasteiger partial charge in [-0.15, -0.1) is 0 Å². The molecule has 13 heteroatoms. The van der Waals surface area contributed by atoms with Crippen molar-refractivity contribution >= 4 is 44.0 Å². The van der Waals surface area contributed by atoms with Crippen molar-refractivity contribution in [2.24, 2.45) is 0 Å². The Morgan fingerprint density at radius 1 is 1.12 bits per heavy atom. The van der Waals surface area contributed by atoms with Gasteiger partial charge >= 0.3 is 0 Å². The Kier molecular flexibility index (Phi) is 9.21. The van der Waals surface area contributed by atoms with E-state index in [-0.39, 0.29) is 33.9 Å². The van der Waals surface area contributed by atoms with Crippen molar-refractivity contribution in [2.75, 3.05) is 30.7 Å². The van der Waals surface area contributed by atoms with Gasteiger partial charge in [0.05, 0.1) is 28.1 Å². The van der Waals surface area contributed by atoms with Crippen LogP contribution in [-0.2, 0) is 14.8 Å². The number of ether oxygens (including phenoxy) is 1. The van der Waals surface area contributed by atoms with Crippen LogP contribution in [0.2, 0.25) is 5.02 Å². The van der Waals surface area contributed by atoms with Gasteiger partial charge in [-0.1, -0.05) is 11.6 Å². The summed E-state index contributed by atoms with van der Waals surface area (Å²) >= 11 is 5.85. The van der Waals surface area contributed by atoms with Crippen molar-refractivity contribution < 1.29 is 21.9 Å². The summed E-state index contributed by atoms with van der Waals surface area (Å²) in [6, 6.07) is 7.37. The second-order valence-electron chi connectivity index (χ2n) is 11.1. The quantitative estimate of drug-likeness (QED) is 0.176. The largest absolute Gasteiger partial charge is 0.383 e. The van der Waals surface area contributed by atoms with Gasteiger partial charge in [0.2, 0.25) is 0 Å². The number of rotatable bonds is 10. The Morgan fingerprint density at radius 3 is 2.47 bits per heavy atom. The first kappa shape index (κ1) is 31.1. The standard InChI is InChI=1S/C30H35ClF2N6O3S/c1-17(2)39-29-23(18-4-8-20(9-5-18)35-12-13-42-3)16-36-30(34)27(29)28(37-39)22-14-25(33)26(15-24(22)32)38-43(40,41)21-10-6-19(31)7-11-21/h6-7,10-11,14-18,20,35,38H,4-5,8-9,12-13H2,1-3H3,(H2,34,36). The molecule has 43 heavy (non-hydrogen) atoms. The molecule has 1 saturated carbocycles. The van der Waals surface area contributed by atoms with Crippen LogP contribution >= 0.6 is 11.6 Å². The molecule has 0 aliphatic heterocycles. The molecule has 1 aliphatic rings. The lowest BCUT2D eigenvalue weighted by molar-refractivity contribution is 0.191. The number of fused-ring (bicyclic) bond motifs is 1. The topological polar surface area (TPSA) is 124 Å². The molecule has 230 valence electrons. The molecule has 2 aromatic carbocycles. The Hall–Kier alpha value is -3.32. The van der Waals surface area contributed by atoms with Crippen LogP contribution in [0.15, 0.2) is 47.5 Å². The maximum Gasteiger partial charge on any atom is 0.261 e. The summed E-state index contributed by atoms with van der Waals surface area (Å²) < 4.78 is 65.8. The van der Waals surface area contributed by atoms with Crippen LogP contribution in [-0.4, -0.2) is 49.5 Å². The zero-order chi connectivity index (χ0) is 30.9. The number of aromatic nitrogens is 3. The monoisotopic (exact) mass is 632 g/mol. The summed E-state index contributed by atoms with van der Waals surface area (Å²) in [6.07, 6.45) is 5.59. The van der Waals surface area contributed by atoms with Crippen molar-refractivity contribution in [2.45, 2.75) is 62.4 Å². The maximum absolute atomic E-state index is 15.7. The van der Waals surface area contributed by atoms with E-state index in [2.05, 4.69) is 15.0 Å². The predicted octanol–water partition coefficient (Wildman–Crippen LogP) is 6.26. The van der Waals surface area contributed by atoms with E-state index in [1.54, 1.807) is 18.0 Å². The first-order chi connectivity index (χ1) is 20.5. The summed E-state index contributed by atoms with van der Waals surface area (Å²) in [7, 11) is -2.52. The summed E-state index contributed by atoms with van der Waals surface area (Å²) in [4.78, 5) is 4.31. The highest BCUT2D eigenvalue weighted by molar-refractivity contribution is 7.92. The normalized spacial score (nSPS) is 17.6. The van der Waals surface area contributed by atoms with Gasteiger partial charge in [0.15, 0.2) is 0 Å². The van der Waals surface area contributed by atoms with Crippen LogP contribution in [0.25, 0.3) is 22.2 Å². The minimum Gasteiger partial charge on any atom is -0.383 e. The number of methoxy groups -OCH3 is 1. The van der Waals surface area contributed by atoms with Crippen molar-refractivity contribution in [1.82, 2.24) is 20.1 Å².